The van der Waals surface area contributed by atoms with Crippen molar-refractivity contribution < 1.29 is 13.2 Å². The number of piperidine rings is 1. The van der Waals surface area contributed by atoms with Gasteiger partial charge < -0.3 is 10.1 Å². The third-order valence-corrected chi connectivity index (χ3v) is 6.93. The van der Waals surface area contributed by atoms with Crippen LogP contribution in [0.4, 0.5) is 0 Å². The van der Waals surface area contributed by atoms with E-state index in [1.54, 1.807) is 8.61 Å². The van der Waals surface area contributed by atoms with Crippen LogP contribution >= 0.6 is 0 Å². The van der Waals surface area contributed by atoms with E-state index in [0.717, 1.165) is 25.4 Å². The Hall–Kier alpha value is -0.210. The summed E-state index contributed by atoms with van der Waals surface area (Å²) < 4.78 is 34.0. The highest BCUT2D eigenvalue weighted by atomic mass is 32.2. The Morgan fingerprint density at radius 2 is 1.86 bits per heavy atom. The molecule has 122 valence electrons. The standard InChI is InChI=1S/C14H27N3O3S/c1-12-11-20-9-8-17(12)21(18,19)16-6-4-13(5-7-16)10-15-14-2-3-14/h12-15H,2-11H2,1H3. The first-order chi connectivity index (χ1) is 10.1. The van der Waals surface area contributed by atoms with Gasteiger partial charge in [-0.3, -0.25) is 0 Å². The zero-order chi connectivity index (χ0) is 14.9. The molecule has 3 rings (SSSR count). The van der Waals surface area contributed by atoms with E-state index in [9.17, 15) is 8.42 Å². The lowest BCUT2D eigenvalue weighted by Crippen LogP contribution is -2.54. The molecule has 0 spiro atoms. The fourth-order valence-corrected chi connectivity index (χ4v) is 4.96. The summed E-state index contributed by atoms with van der Waals surface area (Å²) in [6.45, 7) is 5.77. The maximum Gasteiger partial charge on any atom is 0.282 e. The smallest absolute Gasteiger partial charge is 0.282 e. The lowest BCUT2D eigenvalue weighted by molar-refractivity contribution is 0.0356. The number of hydrogen-bond acceptors (Lipinski definition) is 4. The Morgan fingerprint density at radius 3 is 2.48 bits per heavy atom. The van der Waals surface area contributed by atoms with Crippen LogP contribution in [0.25, 0.3) is 0 Å². The minimum absolute atomic E-state index is 0.0574. The molecule has 2 saturated heterocycles. The molecular weight excluding hydrogens is 290 g/mol. The van der Waals surface area contributed by atoms with Crippen molar-refractivity contribution in [3.05, 3.63) is 0 Å². The third kappa shape index (κ3) is 3.76. The Balaban J connectivity index is 1.52. The molecule has 6 nitrogen and oxygen atoms in total. The first-order valence-corrected chi connectivity index (χ1v) is 9.55. The number of nitrogens with zero attached hydrogens (tertiary/aromatic N) is 2. The van der Waals surface area contributed by atoms with Crippen LogP contribution in [0.2, 0.25) is 0 Å². The number of morpholine rings is 1. The van der Waals surface area contributed by atoms with E-state index in [1.807, 2.05) is 6.92 Å². The van der Waals surface area contributed by atoms with Gasteiger partial charge in [0.05, 0.1) is 13.2 Å². The summed E-state index contributed by atoms with van der Waals surface area (Å²) in [7, 11) is -3.31. The summed E-state index contributed by atoms with van der Waals surface area (Å²) in [4.78, 5) is 0. The SMILES string of the molecule is CC1COCCN1S(=O)(=O)N1CCC(CNC2CC2)CC1. The largest absolute Gasteiger partial charge is 0.378 e. The van der Waals surface area contributed by atoms with Crippen LogP contribution in [0, 0.1) is 5.92 Å². The van der Waals surface area contributed by atoms with Crippen LogP contribution < -0.4 is 5.32 Å². The third-order valence-electron chi connectivity index (χ3n) is 4.78. The summed E-state index contributed by atoms with van der Waals surface area (Å²) in [5.41, 5.74) is 0. The van der Waals surface area contributed by atoms with Crippen molar-refractivity contribution in [1.82, 2.24) is 13.9 Å². The molecule has 0 amide bonds. The predicted molar refractivity (Wildman–Crippen MR) is 81.2 cm³/mol. The molecule has 7 heteroatoms. The number of nitrogens with one attached hydrogen (secondary N) is 1. The van der Waals surface area contributed by atoms with Gasteiger partial charge in [0.15, 0.2) is 0 Å². The topological polar surface area (TPSA) is 61.9 Å². The summed E-state index contributed by atoms with van der Waals surface area (Å²) in [6, 6.07) is 0.680. The normalized spacial score (nSPS) is 30.6. The lowest BCUT2D eigenvalue weighted by atomic mass is 9.98. The van der Waals surface area contributed by atoms with Crippen molar-refractivity contribution in [1.29, 1.82) is 0 Å². The van der Waals surface area contributed by atoms with Crippen LogP contribution in [0.3, 0.4) is 0 Å². The number of rotatable bonds is 5. The van der Waals surface area contributed by atoms with Gasteiger partial charge in [0.1, 0.15) is 0 Å². The number of hydrogen-bond donors (Lipinski definition) is 1. The van der Waals surface area contributed by atoms with Crippen LogP contribution in [-0.2, 0) is 14.9 Å². The zero-order valence-electron chi connectivity index (χ0n) is 12.8. The highest BCUT2D eigenvalue weighted by Crippen LogP contribution is 2.25. The van der Waals surface area contributed by atoms with Gasteiger partial charge in [-0.05, 0) is 45.1 Å². The van der Waals surface area contributed by atoms with Gasteiger partial charge >= 0.3 is 0 Å². The molecular formula is C14H27N3O3S. The van der Waals surface area contributed by atoms with Crippen LogP contribution in [0.1, 0.15) is 32.6 Å². The molecule has 0 aromatic heterocycles. The average Bonchev–Trinajstić information content (AvgIpc) is 3.30. The van der Waals surface area contributed by atoms with Gasteiger partial charge in [0.2, 0.25) is 0 Å². The fourth-order valence-electron chi connectivity index (χ4n) is 3.17. The van der Waals surface area contributed by atoms with E-state index < -0.39 is 10.2 Å². The summed E-state index contributed by atoms with van der Waals surface area (Å²) >= 11 is 0. The lowest BCUT2D eigenvalue weighted by Gasteiger charge is -2.38. The van der Waals surface area contributed by atoms with Crippen molar-refractivity contribution >= 4 is 10.2 Å². The molecule has 1 unspecified atom stereocenters. The van der Waals surface area contributed by atoms with Gasteiger partial charge in [-0.2, -0.15) is 17.0 Å². The Kier molecular flexibility index (Phi) is 4.85. The van der Waals surface area contributed by atoms with Crippen LogP contribution in [0.15, 0.2) is 0 Å². The van der Waals surface area contributed by atoms with E-state index in [2.05, 4.69) is 5.32 Å². The molecule has 0 bridgehead atoms. The molecule has 0 radical (unpaired) electrons. The van der Waals surface area contributed by atoms with Gasteiger partial charge in [0, 0.05) is 31.7 Å². The minimum atomic E-state index is -3.31. The second-order valence-electron chi connectivity index (χ2n) is 6.57. The highest BCUT2D eigenvalue weighted by molar-refractivity contribution is 7.86. The summed E-state index contributed by atoms with van der Waals surface area (Å²) in [6.07, 6.45) is 4.56. The molecule has 1 N–H and O–H groups in total. The Bertz CT molecular complexity index is 444. The molecule has 1 atom stereocenters. The van der Waals surface area contributed by atoms with Crippen LogP contribution in [-0.4, -0.2) is 68.5 Å². The molecule has 3 aliphatic rings. The molecule has 2 aliphatic heterocycles. The van der Waals surface area contributed by atoms with Crippen molar-refractivity contribution in [2.75, 3.05) is 39.4 Å². The van der Waals surface area contributed by atoms with E-state index in [-0.39, 0.29) is 6.04 Å². The van der Waals surface area contributed by atoms with E-state index in [1.165, 1.54) is 12.8 Å². The molecule has 2 heterocycles. The maximum atomic E-state index is 12.7. The molecule has 1 aliphatic carbocycles. The first-order valence-electron chi connectivity index (χ1n) is 8.15. The van der Waals surface area contributed by atoms with Crippen molar-refractivity contribution in [3.63, 3.8) is 0 Å². The van der Waals surface area contributed by atoms with Crippen molar-refractivity contribution in [2.24, 2.45) is 5.92 Å². The molecule has 3 fully saturated rings. The monoisotopic (exact) mass is 317 g/mol. The van der Waals surface area contributed by atoms with Crippen molar-refractivity contribution in [3.8, 4) is 0 Å². The van der Waals surface area contributed by atoms with E-state index >= 15 is 0 Å². The Labute approximate surface area is 128 Å². The second kappa shape index (κ2) is 6.50. The van der Waals surface area contributed by atoms with Gasteiger partial charge in [-0.15, -0.1) is 0 Å². The summed E-state index contributed by atoms with van der Waals surface area (Å²) in [5.74, 6) is 0.624. The predicted octanol–water partition coefficient (Wildman–Crippen LogP) is 0.416. The summed E-state index contributed by atoms with van der Waals surface area (Å²) in [5, 5.41) is 3.56. The van der Waals surface area contributed by atoms with E-state index in [0.29, 0.717) is 38.8 Å². The molecule has 0 aromatic carbocycles. The minimum Gasteiger partial charge on any atom is -0.378 e. The van der Waals surface area contributed by atoms with E-state index in [4.69, 9.17) is 4.74 Å². The maximum absolute atomic E-state index is 12.7. The average molecular weight is 317 g/mol. The quantitative estimate of drug-likeness (QED) is 0.798. The fraction of sp³-hybridized carbons (Fsp3) is 1.00. The second-order valence-corrected chi connectivity index (χ2v) is 8.45. The van der Waals surface area contributed by atoms with Gasteiger partial charge in [-0.1, -0.05) is 0 Å². The zero-order valence-corrected chi connectivity index (χ0v) is 13.6. The van der Waals surface area contributed by atoms with Gasteiger partial charge in [-0.25, -0.2) is 0 Å². The highest BCUT2D eigenvalue weighted by Gasteiger charge is 2.37. The van der Waals surface area contributed by atoms with Crippen LogP contribution in [0.5, 0.6) is 0 Å². The van der Waals surface area contributed by atoms with Gasteiger partial charge in [0.25, 0.3) is 10.2 Å². The molecule has 21 heavy (non-hydrogen) atoms. The van der Waals surface area contributed by atoms with Crippen molar-refractivity contribution in [2.45, 2.75) is 44.7 Å². The Morgan fingerprint density at radius 1 is 1.14 bits per heavy atom. The molecule has 0 aromatic rings. The molecule has 1 saturated carbocycles. The number of ether oxygens (including phenoxy) is 1. The first kappa shape index (κ1) is 15.7.